The Bertz CT molecular complexity index is 489. The molecular formula is C14H26IN5OS. The maximum atomic E-state index is 11.6. The van der Waals surface area contributed by atoms with Gasteiger partial charge in [-0.05, 0) is 13.8 Å². The van der Waals surface area contributed by atoms with Crippen LogP contribution >= 0.6 is 35.3 Å². The number of guanidine groups is 1. The van der Waals surface area contributed by atoms with Crippen LogP contribution in [-0.4, -0.2) is 60.9 Å². The van der Waals surface area contributed by atoms with E-state index < -0.39 is 0 Å². The average molecular weight is 439 g/mol. The number of halogens is 1. The molecule has 0 aliphatic rings. The van der Waals surface area contributed by atoms with Gasteiger partial charge < -0.3 is 15.1 Å². The third-order valence-corrected chi connectivity index (χ3v) is 3.67. The molecule has 0 aliphatic heterocycles. The number of hydrogen-bond acceptors (Lipinski definition) is 4. The Morgan fingerprint density at radius 3 is 2.59 bits per heavy atom. The van der Waals surface area contributed by atoms with Crippen LogP contribution in [0, 0.1) is 6.92 Å². The molecule has 0 atom stereocenters. The second kappa shape index (κ2) is 10.8. The predicted molar refractivity (Wildman–Crippen MR) is 103 cm³/mol. The first-order valence-electron chi connectivity index (χ1n) is 7.04. The van der Waals surface area contributed by atoms with Crippen LogP contribution in [0.3, 0.4) is 0 Å². The summed E-state index contributed by atoms with van der Waals surface area (Å²) in [5.74, 6) is 0.891. The number of aliphatic imine (C=N–C) groups is 1. The van der Waals surface area contributed by atoms with Crippen LogP contribution in [0.25, 0.3) is 0 Å². The summed E-state index contributed by atoms with van der Waals surface area (Å²) in [6.07, 6.45) is 0.422. The van der Waals surface area contributed by atoms with Crippen LogP contribution in [0.4, 0.5) is 0 Å². The fraction of sp³-hybridized carbons (Fsp3) is 0.643. The lowest BCUT2D eigenvalue weighted by Gasteiger charge is -2.21. The van der Waals surface area contributed by atoms with Crippen molar-refractivity contribution in [2.45, 2.75) is 26.8 Å². The van der Waals surface area contributed by atoms with Gasteiger partial charge >= 0.3 is 0 Å². The molecule has 0 unspecified atom stereocenters. The Morgan fingerprint density at radius 1 is 1.41 bits per heavy atom. The van der Waals surface area contributed by atoms with Crippen LogP contribution in [0.5, 0.6) is 0 Å². The van der Waals surface area contributed by atoms with Crippen molar-refractivity contribution in [1.29, 1.82) is 0 Å². The molecule has 6 nitrogen and oxygen atoms in total. The fourth-order valence-corrected chi connectivity index (χ4v) is 2.35. The number of amides is 1. The zero-order valence-corrected chi connectivity index (χ0v) is 17.1. The molecule has 0 spiro atoms. The molecule has 0 aliphatic carbocycles. The lowest BCUT2D eigenvalue weighted by molar-refractivity contribution is -0.128. The van der Waals surface area contributed by atoms with Gasteiger partial charge in [0.05, 0.1) is 23.8 Å². The van der Waals surface area contributed by atoms with Gasteiger partial charge in [-0.1, -0.05) is 0 Å². The Labute approximate surface area is 154 Å². The first-order chi connectivity index (χ1) is 9.93. The highest BCUT2D eigenvalue weighted by molar-refractivity contribution is 14.0. The molecule has 1 aromatic heterocycles. The number of aromatic nitrogens is 1. The SMILES string of the molecule is CCNC(=NCCC(=O)N(C)C)N(C)Cc1csc(C)n1.I. The van der Waals surface area contributed by atoms with E-state index in [9.17, 15) is 4.79 Å². The van der Waals surface area contributed by atoms with Gasteiger partial charge in [0, 0.05) is 39.5 Å². The zero-order chi connectivity index (χ0) is 15.8. The van der Waals surface area contributed by atoms with Gasteiger partial charge in [0.15, 0.2) is 5.96 Å². The van der Waals surface area contributed by atoms with Crippen molar-refractivity contribution in [1.82, 2.24) is 20.1 Å². The molecular weight excluding hydrogens is 413 g/mol. The quantitative estimate of drug-likeness (QED) is 0.418. The van der Waals surface area contributed by atoms with E-state index in [4.69, 9.17) is 0 Å². The van der Waals surface area contributed by atoms with Crippen LogP contribution in [0.1, 0.15) is 24.0 Å². The van der Waals surface area contributed by atoms with Gasteiger partial charge in [0.2, 0.25) is 5.91 Å². The summed E-state index contributed by atoms with van der Waals surface area (Å²) >= 11 is 1.65. The molecule has 22 heavy (non-hydrogen) atoms. The van der Waals surface area contributed by atoms with Gasteiger partial charge in [0.25, 0.3) is 0 Å². The van der Waals surface area contributed by atoms with Crippen molar-refractivity contribution < 1.29 is 4.79 Å². The summed E-state index contributed by atoms with van der Waals surface area (Å²) in [5.41, 5.74) is 1.04. The van der Waals surface area contributed by atoms with E-state index in [1.54, 1.807) is 30.3 Å². The average Bonchev–Trinajstić information content (AvgIpc) is 2.82. The Hall–Kier alpha value is -0.900. The normalized spacial score (nSPS) is 10.9. The van der Waals surface area contributed by atoms with Crippen molar-refractivity contribution in [3.05, 3.63) is 16.1 Å². The standard InChI is InChI=1S/C14H25N5OS.HI/c1-6-15-14(16-8-7-13(20)18(3)4)19(5)9-12-10-21-11(2)17-12;/h10H,6-9H2,1-5H3,(H,15,16);1H. The van der Waals surface area contributed by atoms with Crippen molar-refractivity contribution in [2.75, 3.05) is 34.2 Å². The number of rotatable bonds is 6. The van der Waals surface area contributed by atoms with E-state index in [-0.39, 0.29) is 29.9 Å². The molecule has 1 aromatic rings. The van der Waals surface area contributed by atoms with Crippen molar-refractivity contribution in [3.63, 3.8) is 0 Å². The highest BCUT2D eigenvalue weighted by Gasteiger charge is 2.09. The molecule has 1 N–H and O–H groups in total. The highest BCUT2D eigenvalue weighted by atomic mass is 127. The molecule has 1 heterocycles. The van der Waals surface area contributed by atoms with E-state index in [2.05, 4.69) is 20.7 Å². The highest BCUT2D eigenvalue weighted by Crippen LogP contribution is 2.09. The molecule has 8 heteroatoms. The third kappa shape index (κ3) is 7.39. The molecule has 0 bridgehead atoms. The smallest absolute Gasteiger partial charge is 0.223 e. The largest absolute Gasteiger partial charge is 0.357 e. The first-order valence-corrected chi connectivity index (χ1v) is 7.92. The number of thiazole rings is 1. The fourth-order valence-electron chi connectivity index (χ4n) is 1.75. The van der Waals surface area contributed by atoms with E-state index >= 15 is 0 Å². The molecule has 0 radical (unpaired) electrons. The second-order valence-corrected chi connectivity index (χ2v) is 6.05. The minimum absolute atomic E-state index is 0. The Balaban J connectivity index is 0.00000441. The number of carbonyl (C=O) groups is 1. The lowest BCUT2D eigenvalue weighted by atomic mass is 10.4. The van der Waals surface area contributed by atoms with Crippen LogP contribution in [0.15, 0.2) is 10.4 Å². The summed E-state index contributed by atoms with van der Waals surface area (Å²) < 4.78 is 0. The molecule has 126 valence electrons. The van der Waals surface area contributed by atoms with E-state index in [1.165, 1.54) is 0 Å². The van der Waals surface area contributed by atoms with Crippen LogP contribution in [-0.2, 0) is 11.3 Å². The topological polar surface area (TPSA) is 60.8 Å². The lowest BCUT2D eigenvalue weighted by Crippen LogP contribution is -2.38. The minimum atomic E-state index is 0. The first kappa shape index (κ1) is 21.1. The van der Waals surface area contributed by atoms with E-state index in [0.717, 1.165) is 23.2 Å². The molecule has 0 fully saturated rings. The van der Waals surface area contributed by atoms with Gasteiger partial charge in [0.1, 0.15) is 0 Å². The van der Waals surface area contributed by atoms with Gasteiger partial charge in [-0.15, -0.1) is 35.3 Å². The van der Waals surface area contributed by atoms with Crippen LogP contribution < -0.4 is 5.32 Å². The summed E-state index contributed by atoms with van der Waals surface area (Å²) in [7, 11) is 5.49. The molecule has 1 rings (SSSR count). The minimum Gasteiger partial charge on any atom is -0.357 e. The van der Waals surface area contributed by atoms with Gasteiger partial charge in [-0.2, -0.15) is 0 Å². The third-order valence-electron chi connectivity index (χ3n) is 2.85. The number of carbonyl (C=O) groups excluding carboxylic acids is 1. The molecule has 0 saturated heterocycles. The predicted octanol–water partition coefficient (Wildman–Crippen LogP) is 1.95. The molecule has 1 amide bonds. The molecule has 0 saturated carbocycles. The Kier molecular flexibility index (Phi) is 10.3. The number of nitrogens with one attached hydrogen (secondary N) is 1. The summed E-state index contributed by atoms with van der Waals surface area (Å²) in [4.78, 5) is 24.1. The van der Waals surface area contributed by atoms with Crippen molar-refractivity contribution in [3.8, 4) is 0 Å². The summed E-state index contributed by atoms with van der Waals surface area (Å²) in [6, 6.07) is 0. The number of nitrogens with zero attached hydrogens (tertiary/aromatic N) is 4. The Morgan fingerprint density at radius 2 is 2.09 bits per heavy atom. The van der Waals surface area contributed by atoms with Crippen molar-refractivity contribution >= 4 is 47.2 Å². The number of aryl methyl sites for hydroxylation is 1. The number of hydrogen-bond donors (Lipinski definition) is 1. The summed E-state index contributed by atoms with van der Waals surface area (Å²) in [6.45, 7) is 6.01. The zero-order valence-electron chi connectivity index (χ0n) is 13.9. The summed E-state index contributed by atoms with van der Waals surface area (Å²) in [5, 5.41) is 6.37. The van der Waals surface area contributed by atoms with Gasteiger partial charge in [-0.3, -0.25) is 9.79 Å². The van der Waals surface area contributed by atoms with E-state index in [1.807, 2.05) is 25.8 Å². The molecule has 0 aromatic carbocycles. The van der Waals surface area contributed by atoms with E-state index in [0.29, 0.717) is 19.5 Å². The second-order valence-electron chi connectivity index (χ2n) is 4.99. The van der Waals surface area contributed by atoms with Crippen molar-refractivity contribution in [2.24, 2.45) is 4.99 Å². The maximum Gasteiger partial charge on any atom is 0.223 e. The van der Waals surface area contributed by atoms with Gasteiger partial charge in [-0.25, -0.2) is 4.98 Å². The van der Waals surface area contributed by atoms with Crippen LogP contribution in [0.2, 0.25) is 0 Å². The monoisotopic (exact) mass is 439 g/mol. The maximum absolute atomic E-state index is 11.6.